The van der Waals surface area contributed by atoms with E-state index in [0.717, 1.165) is 23.0 Å². The Morgan fingerprint density at radius 3 is 3.18 bits per heavy atom. The van der Waals surface area contributed by atoms with Gasteiger partial charge in [0.25, 0.3) is 5.91 Å². The number of hydrogen-bond donors (Lipinski definition) is 2. The highest BCUT2D eigenvalue weighted by atomic mass is 79.9. The average molecular weight is 294 g/mol. The number of allylic oxidation sites excluding steroid dienone is 2. The summed E-state index contributed by atoms with van der Waals surface area (Å²) in [5.74, 6) is 0.994. The van der Waals surface area contributed by atoms with Crippen LogP contribution in [0.4, 0.5) is 0 Å². The monoisotopic (exact) mass is 293 g/mol. The number of amides is 1. The first kappa shape index (κ1) is 10.8. The second kappa shape index (κ2) is 4.14. The number of carbonyl (C=O) groups is 1. The number of H-pyrrole nitrogens is 1. The van der Waals surface area contributed by atoms with Crippen molar-refractivity contribution in [2.75, 3.05) is 0 Å². The molecule has 1 aromatic heterocycles. The summed E-state index contributed by atoms with van der Waals surface area (Å²) >= 11 is 3.29. The zero-order valence-corrected chi connectivity index (χ0v) is 10.7. The van der Waals surface area contributed by atoms with Crippen molar-refractivity contribution in [2.24, 2.45) is 16.9 Å². The lowest BCUT2D eigenvalue weighted by Crippen LogP contribution is -2.35. The van der Waals surface area contributed by atoms with Crippen LogP contribution in [-0.2, 0) is 0 Å². The first-order valence-corrected chi connectivity index (χ1v) is 6.40. The van der Waals surface area contributed by atoms with Crippen molar-refractivity contribution in [2.45, 2.75) is 12.8 Å². The van der Waals surface area contributed by atoms with Crippen LogP contribution in [0.5, 0.6) is 0 Å². The zero-order chi connectivity index (χ0) is 11.8. The lowest BCUT2D eigenvalue weighted by molar-refractivity contribution is 0.0949. The molecule has 1 amide bonds. The highest BCUT2D eigenvalue weighted by Crippen LogP contribution is 2.40. The number of aromatic nitrogens is 1. The van der Waals surface area contributed by atoms with E-state index in [1.807, 2.05) is 0 Å². The number of carbonyl (C=O) groups excluding carboxylic acids is 1. The molecule has 4 nitrogen and oxygen atoms in total. The predicted octanol–water partition coefficient (Wildman–Crippen LogP) is 2.46. The lowest BCUT2D eigenvalue weighted by atomic mass is 9.74. The van der Waals surface area contributed by atoms with Crippen molar-refractivity contribution < 1.29 is 4.79 Å². The van der Waals surface area contributed by atoms with Crippen LogP contribution >= 0.6 is 15.9 Å². The number of nitrogens with zero attached hydrogens (tertiary/aromatic N) is 1. The third kappa shape index (κ3) is 1.95. The van der Waals surface area contributed by atoms with Gasteiger partial charge in [0, 0.05) is 22.3 Å². The number of halogens is 1. The molecule has 0 radical (unpaired) electrons. The fourth-order valence-corrected chi connectivity index (χ4v) is 2.69. The van der Waals surface area contributed by atoms with Gasteiger partial charge in [-0.2, -0.15) is 5.10 Å². The highest BCUT2D eigenvalue weighted by Gasteiger charge is 2.38. The second-order valence-electron chi connectivity index (χ2n) is 4.41. The number of fused-ring (bicyclic) bond motifs is 1. The van der Waals surface area contributed by atoms with Gasteiger partial charge >= 0.3 is 0 Å². The highest BCUT2D eigenvalue weighted by molar-refractivity contribution is 9.10. The van der Waals surface area contributed by atoms with Gasteiger partial charge in [-0.25, -0.2) is 5.43 Å². The second-order valence-corrected chi connectivity index (χ2v) is 5.33. The van der Waals surface area contributed by atoms with E-state index < -0.39 is 0 Å². The first-order chi connectivity index (χ1) is 8.24. The van der Waals surface area contributed by atoms with Crippen LogP contribution in [0.3, 0.4) is 0 Å². The van der Waals surface area contributed by atoms with Gasteiger partial charge in [0.1, 0.15) is 5.69 Å². The van der Waals surface area contributed by atoms with Crippen LogP contribution in [0.25, 0.3) is 0 Å². The molecule has 2 N–H and O–H groups in total. The molecule has 88 valence electrons. The molecule has 5 heteroatoms. The van der Waals surface area contributed by atoms with Crippen molar-refractivity contribution in [3.63, 3.8) is 0 Å². The molecule has 0 saturated heterocycles. The predicted molar refractivity (Wildman–Crippen MR) is 68.7 cm³/mol. The van der Waals surface area contributed by atoms with Crippen LogP contribution < -0.4 is 5.43 Å². The minimum Gasteiger partial charge on any atom is -0.356 e. The molecule has 0 unspecified atom stereocenters. The van der Waals surface area contributed by atoms with Crippen molar-refractivity contribution >= 4 is 27.5 Å². The fraction of sp³-hybridized carbons (Fsp3) is 0.333. The maximum Gasteiger partial charge on any atom is 0.287 e. The maximum atomic E-state index is 11.7. The van der Waals surface area contributed by atoms with Gasteiger partial charge in [0.05, 0.1) is 0 Å². The zero-order valence-electron chi connectivity index (χ0n) is 9.11. The average Bonchev–Trinajstić information content (AvgIpc) is 2.86. The molecule has 1 aromatic rings. The Morgan fingerprint density at radius 2 is 2.47 bits per heavy atom. The van der Waals surface area contributed by atoms with Gasteiger partial charge in [-0.05, 0) is 40.8 Å². The van der Waals surface area contributed by atoms with Gasteiger partial charge in [-0.3, -0.25) is 4.79 Å². The van der Waals surface area contributed by atoms with Crippen molar-refractivity contribution in [1.82, 2.24) is 10.4 Å². The van der Waals surface area contributed by atoms with Crippen LogP contribution in [0.1, 0.15) is 23.3 Å². The molecular formula is C12H12BrN3O. The SMILES string of the molecule is O=C(N/N=C1/C[C@@H]2C=CC[C@H]12)c1cc(Br)c[nH]1. The summed E-state index contributed by atoms with van der Waals surface area (Å²) in [6, 6.07) is 1.73. The Balaban J connectivity index is 1.61. The van der Waals surface area contributed by atoms with Crippen LogP contribution in [0.2, 0.25) is 0 Å². The quantitative estimate of drug-likeness (QED) is 0.639. The number of nitrogens with one attached hydrogen (secondary N) is 2. The van der Waals surface area contributed by atoms with Gasteiger partial charge < -0.3 is 4.98 Å². The van der Waals surface area contributed by atoms with Crippen molar-refractivity contribution in [1.29, 1.82) is 0 Å². The summed E-state index contributed by atoms with van der Waals surface area (Å²) in [5, 5.41) is 4.20. The minimum atomic E-state index is -0.197. The summed E-state index contributed by atoms with van der Waals surface area (Å²) in [6.07, 6.45) is 8.21. The number of rotatable bonds is 2. The summed E-state index contributed by atoms with van der Waals surface area (Å²) in [7, 11) is 0. The molecule has 1 fully saturated rings. The molecule has 0 aliphatic heterocycles. The molecule has 17 heavy (non-hydrogen) atoms. The van der Waals surface area contributed by atoms with E-state index >= 15 is 0 Å². The Hall–Kier alpha value is -1.36. The summed E-state index contributed by atoms with van der Waals surface area (Å²) in [4.78, 5) is 14.6. The summed E-state index contributed by atoms with van der Waals surface area (Å²) < 4.78 is 0.860. The fourth-order valence-electron chi connectivity index (χ4n) is 2.35. The Kier molecular flexibility index (Phi) is 2.63. The molecule has 2 aliphatic carbocycles. The normalized spacial score (nSPS) is 27.9. The largest absolute Gasteiger partial charge is 0.356 e. The molecular weight excluding hydrogens is 282 g/mol. The minimum absolute atomic E-state index is 0.197. The molecule has 1 heterocycles. The molecule has 0 bridgehead atoms. The van der Waals surface area contributed by atoms with Gasteiger partial charge in [0.15, 0.2) is 0 Å². The lowest BCUT2D eigenvalue weighted by Gasteiger charge is -2.31. The molecule has 2 aliphatic rings. The van der Waals surface area contributed by atoms with Gasteiger partial charge in [-0.1, -0.05) is 12.2 Å². The smallest absolute Gasteiger partial charge is 0.287 e. The van der Waals surface area contributed by atoms with E-state index in [0.29, 0.717) is 17.5 Å². The number of aromatic amines is 1. The van der Waals surface area contributed by atoms with Crippen molar-refractivity contribution in [3.05, 3.63) is 34.6 Å². The summed E-state index contributed by atoms with van der Waals surface area (Å²) in [5.41, 5.74) is 4.22. The van der Waals surface area contributed by atoms with E-state index in [-0.39, 0.29) is 5.91 Å². The number of hydrogen-bond acceptors (Lipinski definition) is 2. The van der Waals surface area contributed by atoms with Crippen LogP contribution in [-0.4, -0.2) is 16.6 Å². The molecule has 3 rings (SSSR count). The molecule has 0 spiro atoms. The van der Waals surface area contributed by atoms with E-state index in [1.54, 1.807) is 12.3 Å². The third-order valence-electron chi connectivity index (χ3n) is 3.36. The Bertz CT molecular complexity index is 518. The maximum absolute atomic E-state index is 11.7. The van der Waals surface area contributed by atoms with Crippen molar-refractivity contribution in [3.8, 4) is 0 Å². The Morgan fingerprint density at radius 1 is 1.59 bits per heavy atom. The molecule has 0 aromatic carbocycles. The van der Waals surface area contributed by atoms with Gasteiger partial charge in [0.2, 0.25) is 0 Å². The first-order valence-electron chi connectivity index (χ1n) is 5.61. The topological polar surface area (TPSA) is 57.2 Å². The Labute approximate surface area is 107 Å². The molecule has 2 atom stereocenters. The van der Waals surface area contributed by atoms with Gasteiger partial charge in [-0.15, -0.1) is 0 Å². The standard InChI is InChI=1S/C12H12BrN3O/c13-8-5-11(14-6-8)12(17)16-15-10-4-7-2-1-3-9(7)10/h1-2,5-7,9,14H,3-4H2,(H,16,17)/b15-10-/t7-,9-/m0/s1. The van der Waals surface area contributed by atoms with Crippen LogP contribution in [0.15, 0.2) is 34.0 Å². The van der Waals surface area contributed by atoms with E-state index in [4.69, 9.17) is 0 Å². The van der Waals surface area contributed by atoms with Crippen LogP contribution in [0, 0.1) is 11.8 Å². The number of hydrazone groups is 1. The summed E-state index contributed by atoms with van der Waals surface area (Å²) in [6.45, 7) is 0. The van der Waals surface area contributed by atoms with E-state index in [2.05, 4.69) is 43.6 Å². The van der Waals surface area contributed by atoms with E-state index in [1.165, 1.54) is 0 Å². The van der Waals surface area contributed by atoms with E-state index in [9.17, 15) is 4.79 Å². The third-order valence-corrected chi connectivity index (χ3v) is 3.81. The molecule has 1 saturated carbocycles.